The first kappa shape index (κ1) is 16.9. The average molecular weight is 326 g/mol. The van der Waals surface area contributed by atoms with Crippen LogP contribution in [0.1, 0.15) is 13.3 Å². The topological polar surface area (TPSA) is 86.7 Å². The molecule has 1 heterocycles. The zero-order chi connectivity index (χ0) is 17.1. The van der Waals surface area contributed by atoms with Crippen molar-refractivity contribution in [1.82, 2.24) is 5.32 Å². The maximum atomic E-state index is 13.2. The van der Waals surface area contributed by atoms with E-state index in [2.05, 4.69) is 5.32 Å². The van der Waals surface area contributed by atoms with Gasteiger partial charge in [-0.15, -0.1) is 0 Å². The SMILES string of the molecule is C[C@H](CNC(=O)[C@H]1CCN(c2cc(F)cc(F)c2)C1=O)C(=O)O. The Morgan fingerprint density at radius 1 is 1.35 bits per heavy atom. The lowest BCUT2D eigenvalue weighted by Crippen LogP contribution is -2.39. The van der Waals surface area contributed by atoms with Gasteiger partial charge in [-0.05, 0) is 18.6 Å². The molecule has 0 bridgehead atoms. The van der Waals surface area contributed by atoms with Gasteiger partial charge in [-0.1, -0.05) is 6.92 Å². The first-order valence-corrected chi connectivity index (χ1v) is 7.07. The average Bonchev–Trinajstić information content (AvgIpc) is 2.85. The number of benzene rings is 1. The molecule has 0 aromatic heterocycles. The molecule has 2 amide bonds. The minimum absolute atomic E-state index is 0.0571. The number of aliphatic carboxylic acids is 1. The van der Waals surface area contributed by atoms with Crippen molar-refractivity contribution >= 4 is 23.5 Å². The number of hydrogen-bond donors (Lipinski definition) is 2. The van der Waals surface area contributed by atoms with Crippen molar-refractivity contribution in [2.45, 2.75) is 13.3 Å². The predicted molar refractivity (Wildman–Crippen MR) is 76.6 cm³/mol. The van der Waals surface area contributed by atoms with Crippen LogP contribution in [0.2, 0.25) is 0 Å². The molecule has 2 rings (SSSR count). The molecule has 0 unspecified atom stereocenters. The molecule has 0 aliphatic carbocycles. The summed E-state index contributed by atoms with van der Waals surface area (Å²) in [5.41, 5.74) is 0.0571. The van der Waals surface area contributed by atoms with Crippen molar-refractivity contribution in [1.29, 1.82) is 0 Å². The first-order chi connectivity index (χ1) is 10.8. The number of amides is 2. The number of nitrogens with zero attached hydrogens (tertiary/aromatic N) is 1. The zero-order valence-corrected chi connectivity index (χ0v) is 12.4. The second-order valence-electron chi connectivity index (χ2n) is 5.44. The van der Waals surface area contributed by atoms with E-state index < -0.39 is 41.3 Å². The molecule has 1 saturated heterocycles. The lowest BCUT2D eigenvalue weighted by Gasteiger charge is -2.17. The number of carbonyl (C=O) groups is 3. The monoisotopic (exact) mass is 326 g/mol. The second kappa shape index (κ2) is 6.72. The van der Waals surface area contributed by atoms with Gasteiger partial charge in [0.1, 0.15) is 17.6 Å². The van der Waals surface area contributed by atoms with E-state index in [4.69, 9.17) is 5.11 Å². The van der Waals surface area contributed by atoms with Gasteiger partial charge < -0.3 is 15.3 Å². The summed E-state index contributed by atoms with van der Waals surface area (Å²) in [4.78, 5) is 36.1. The Kier molecular flexibility index (Phi) is 4.92. The van der Waals surface area contributed by atoms with Crippen LogP contribution in [0.25, 0.3) is 0 Å². The normalized spacial score (nSPS) is 18.8. The summed E-state index contributed by atoms with van der Waals surface area (Å²) in [7, 11) is 0. The lowest BCUT2D eigenvalue weighted by atomic mass is 10.1. The molecule has 0 saturated carbocycles. The highest BCUT2D eigenvalue weighted by molar-refractivity contribution is 6.09. The Balaban J connectivity index is 2.03. The number of carboxylic acid groups (broad SMARTS) is 1. The van der Waals surface area contributed by atoms with Crippen molar-refractivity contribution in [2.75, 3.05) is 18.0 Å². The van der Waals surface area contributed by atoms with Crippen LogP contribution in [0.3, 0.4) is 0 Å². The lowest BCUT2D eigenvalue weighted by molar-refractivity contribution is -0.141. The van der Waals surface area contributed by atoms with Gasteiger partial charge in [0, 0.05) is 24.8 Å². The smallest absolute Gasteiger partial charge is 0.308 e. The van der Waals surface area contributed by atoms with E-state index in [0.29, 0.717) is 6.07 Å². The molecule has 1 fully saturated rings. The maximum absolute atomic E-state index is 13.2. The fourth-order valence-corrected chi connectivity index (χ4v) is 2.34. The summed E-state index contributed by atoms with van der Waals surface area (Å²) in [5.74, 6) is -5.57. The number of hydrogen-bond acceptors (Lipinski definition) is 3. The molecule has 8 heteroatoms. The molecular weight excluding hydrogens is 310 g/mol. The van der Waals surface area contributed by atoms with Gasteiger partial charge in [0.25, 0.3) is 0 Å². The third-order valence-electron chi connectivity index (χ3n) is 3.69. The Morgan fingerprint density at radius 3 is 2.52 bits per heavy atom. The molecule has 0 radical (unpaired) electrons. The predicted octanol–water partition coefficient (Wildman–Crippen LogP) is 1.15. The van der Waals surface area contributed by atoms with Gasteiger partial charge in [0.05, 0.1) is 5.92 Å². The highest BCUT2D eigenvalue weighted by atomic mass is 19.1. The van der Waals surface area contributed by atoms with Crippen LogP contribution in [-0.4, -0.2) is 36.0 Å². The van der Waals surface area contributed by atoms with Crippen molar-refractivity contribution in [3.8, 4) is 0 Å². The van der Waals surface area contributed by atoms with Crippen molar-refractivity contribution in [3.63, 3.8) is 0 Å². The quantitative estimate of drug-likeness (QED) is 0.795. The Morgan fingerprint density at radius 2 is 1.96 bits per heavy atom. The standard InChI is InChI=1S/C15H16F2N2O4/c1-8(15(22)23)7-18-13(20)12-2-3-19(14(12)21)11-5-9(16)4-10(17)6-11/h4-6,8,12H,2-3,7H2,1H3,(H,18,20)(H,22,23)/t8-,12-/m1/s1. The number of halogens is 2. The molecule has 0 spiro atoms. The largest absolute Gasteiger partial charge is 0.481 e. The number of carboxylic acids is 1. The van der Waals surface area contributed by atoms with Gasteiger partial charge in [-0.3, -0.25) is 14.4 Å². The first-order valence-electron chi connectivity index (χ1n) is 7.07. The Bertz CT molecular complexity index is 630. The number of rotatable bonds is 5. The van der Waals surface area contributed by atoms with Crippen molar-refractivity contribution in [3.05, 3.63) is 29.8 Å². The number of nitrogens with one attached hydrogen (secondary N) is 1. The fraction of sp³-hybridized carbons (Fsp3) is 0.400. The van der Waals surface area contributed by atoms with Gasteiger partial charge in [-0.25, -0.2) is 8.78 Å². The van der Waals surface area contributed by atoms with E-state index >= 15 is 0 Å². The van der Waals surface area contributed by atoms with E-state index in [0.717, 1.165) is 17.0 Å². The highest BCUT2D eigenvalue weighted by Crippen LogP contribution is 2.26. The van der Waals surface area contributed by atoms with E-state index in [9.17, 15) is 23.2 Å². The molecule has 2 atom stereocenters. The summed E-state index contributed by atoms with van der Waals surface area (Å²) in [6.07, 6.45) is 0.199. The van der Waals surface area contributed by atoms with Crippen LogP contribution >= 0.6 is 0 Å². The number of anilines is 1. The van der Waals surface area contributed by atoms with Crippen LogP contribution in [0.15, 0.2) is 18.2 Å². The van der Waals surface area contributed by atoms with Crippen LogP contribution in [0.5, 0.6) is 0 Å². The van der Waals surface area contributed by atoms with Crippen LogP contribution in [-0.2, 0) is 14.4 Å². The van der Waals surface area contributed by atoms with E-state index in [-0.39, 0.29) is 25.2 Å². The van der Waals surface area contributed by atoms with Gasteiger partial charge in [0.15, 0.2) is 0 Å². The van der Waals surface area contributed by atoms with Crippen molar-refractivity contribution < 1.29 is 28.3 Å². The van der Waals surface area contributed by atoms with Gasteiger partial charge in [0.2, 0.25) is 11.8 Å². The van der Waals surface area contributed by atoms with E-state index in [1.807, 2.05) is 0 Å². The van der Waals surface area contributed by atoms with Gasteiger partial charge >= 0.3 is 5.97 Å². The second-order valence-corrected chi connectivity index (χ2v) is 5.44. The molecule has 1 aromatic rings. The molecule has 1 aromatic carbocycles. The fourth-order valence-electron chi connectivity index (χ4n) is 2.34. The molecular formula is C15H16F2N2O4. The van der Waals surface area contributed by atoms with Crippen LogP contribution < -0.4 is 10.2 Å². The molecule has 124 valence electrons. The summed E-state index contributed by atoms with van der Waals surface area (Å²) in [6, 6.07) is 2.74. The maximum Gasteiger partial charge on any atom is 0.308 e. The highest BCUT2D eigenvalue weighted by Gasteiger charge is 2.38. The molecule has 2 N–H and O–H groups in total. The van der Waals surface area contributed by atoms with Crippen LogP contribution in [0, 0.1) is 23.5 Å². The third kappa shape index (κ3) is 3.82. The summed E-state index contributed by atoms with van der Waals surface area (Å²) < 4.78 is 26.5. The Labute approximate surface area is 131 Å². The van der Waals surface area contributed by atoms with E-state index in [1.165, 1.54) is 6.92 Å². The molecule has 1 aliphatic rings. The summed E-state index contributed by atoms with van der Waals surface area (Å²) in [6.45, 7) is 1.50. The van der Waals surface area contributed by atoms with Crippen molar-refractivity contribution in [2.24, 2.45) is 11.8 Å². The van der Waals surface area contributed by atoms with Gasteiger partial charge in [-0.2, -0.15) is 0 Å². The Hall–Kier alpha value is -2.51. The number of carbonyl (C=O) groups excluding carboxylic acids is 2. The third-order valence-corrected chi connectivity index (χ3v) is 3.69. The molecule has 6 nitrogen and oxygen atoms in total. The summed E-state index contributed by atoms with van der Waals surface area (Å²) in [5, 5.41) is 11.2. The van der Waals surface area contributed by atoms with E-state index in [1.54, 1.807) is 0 Å². The minimum Gasteiger partial charge on any atom is -0.481 e. The van der Waals surface area contributed by atoms with Crippen LogP contribution in [0.4, 0.5) is 14.5 Å². The summed E-state index contributed by atoms with van der Waals surface area (Å²) >= 11 is 0. The molecule has 1 aliphatic heterocycles. The zero-order valence-electron chi connectivity index (χ0n) is 12.4. The minimum atomic E-state index is -1.06. The molecule has 23 heavy (non-hydrogen) atoms.